The summed E-state index contributed by atoms with van der Waals surface area (Å²) in [4.78, 5) is 0. The topological polar surface area (TPSA) is 20.2 Å². The molecule has 1 nitrogen and oxygen atoms in total. The zero-order chi connectivity index (χ0) is 21.9. The van der Waals surface area contributed by atoms with Gasteiger partial charge in [0.2, 0.25) is 0 Å². The monoisotopic (exact) mass is 424 g/mol. The molecule has 0 amide bonds. The minimum absolute atomic E-state index is 0.187. The summed E-state index contributed by atoms with van der Waals surface area (Å²) in [5, 5.41) is 10.2. The van der Waals surface area contributed by atoms with Gasteiger partial charge in [-0.3, -0.25) is 0 Å². The maximum Gasteiger partial charge on any atom is 0.391 e. The van der Waals surface area contributed by atoms with Crippen LogP contribution in [-0.4, -0.2) is 17.4 Å². The predicted molar refractivity (Wildman–Crippen MR) is 115 cm³/mol. The Hall–Kier alpha value is -0.770. The van der Waals surface area contributed by atoms with Crippen molar-refractivity contribution in [2.75, 3.05) is 0 Å². The van der Waals surface area contributed by atoms with Crippen molar-refractivity contribution in [1.82, 2.24) is 0 Å². The maximum absolute atomic E-state index is 12.9. The van der Waals surface area contributed by atoms with Gasteiger partial charge in [-0.2, -0.15) is 13.2 Å². The van der Waals surface area contributed by atoms with Crippen molar-refractivity contribution in [3.05, 3.63) is 23.8 Å². The van der Waals surface area contributed by atoms with E-state index in [9.17, 15) is 18.3 Å². The van der Waals surface area contributed by atoms with Crippen LogP contribution in [0.5, 0.6) is 0 Å². The van der Waals surface area contributed by atoms with Crippen LogP contribution in [0.2, 0.25) is 0 Å². The second kappa shape index (κ2) is 7.67. The summed E-state index contributed by atoms with van der Waals surface area (Å²) >= 11 is 0. The number of hydrogen-bond donors (Lipinski definition) is 1. The summed E-state index contributed by atoms with van der Waals surface area (Å²) in [6, 6.07) is 0. The zero-order valence-corrected chi connectivity index (χ0v) is 18.9. The first-order valence-corrected chi connectivity index (χ1v) is 12.1. The molecule has 1 N–H and O–H groups in total. The summed E-state index contributed by atoms with van der Waals surface area (Å²) < 4.78 is 38.7. The first-order chi connectivity index (χ1) is 14.0. The van der Waals surface area contributed by atoms with Gasteiger partial charge in [0.15, 0.2) is 0 Å². The summed E-state index contributed by atoms with van der Waals surface area (Å²) in [6.45, 7) is 10.7. The molecule has 0 aromatic heterocycles. The lowest BCUT2D eigenvalue weighted by atomic mass is 9.46. The third kappa shape index (κ3) is 3.59. The summed E-state index contributed by atoms with van der Waals surface area (Å²) in [7, 11) is 0. The largest absolute Gasteiger partial charge is 0.393 e. The van der Waals surface area contributed by atoms with E-state index in [1.807, 2.05) is 0 Å². The Labute approximate surface area is 180 Å². The summed E-state index contributed by atoms with van der Waals surface area (Å²) in [5.41, 5.74) is 3.09. The van der Waals surface area contributed by atoms with Crippen LogP contribution < -0.4 is 0 Å². The molecule has 0 saturated heterocycles. The van der Waals surface area contributed by atoms with Gasteiger partial charge in [-0.1, -0.05) is 51.0 Å². The van der Waals surface area contributed by atoms with E-state index in [-0.39, 0.29) is 23.4 Å². The molecule has 4 heteroatoms. The molecule has 0 aromatic carbocycles. The van der Waals surface area contributed by atoms with Crippen molar-refractivity contribution < 1.29 is 18.3 Å². The third-order valence-corrected chi connectivity index (χ3v) is 10.0. The zero-order valence-electron chi connectivity index (χ0n) is 18.9. The highest BCUT2D eigenvalue weighted by Gasteiger charge is 2.59. The van der Waals surface area contributed by atoms with Crippen LogP contribution in [0.3, 0.4) is 0 Å². The first kappa shape index (κ1) is 22.4. The molecule has 30 heavy (non-hydrogen) atoms. The molecular formula is C26H39F3O. The Balaban J connectivity index is 1.49. The predicted octanol–water partition coefficient (Wildman–Crippen LogP) is 7.46. The van der Waals surface area contributed by atoms with Gasteiger partial charge in [0.25, 0.3) is 0 Å². The van der Waals surface area contributed by atoms with Gasteiger partial charge in [-0.15, -0.1) is 0 Å². The van der Waals surface area contributed by atoms with E-state index in [0.717, 1.165) is 32.1 Å². The maximum atomic E-state index is 12.9. The van der Waals surface area contributed by atoms with Gasteiger partial charge in [-0.25, -0.2) is 0 Å². The lowest BCUT2D eigenvalue weighted by molar-refractivity contribution is -0.171. The number of aliphatic hydroxyl groups is 1. The quantitative estimate of drug-likeness (QED) is 0.496. The molecule has 4 aliphatic carbocycles. The molecule has 0 bridgehead atoms. The molecule has 3 saturated carbocycles. The number of alkyl halides is 3. The van der Waals surface area contributed by atoms with Gasteiger partial charge >= 0.3 is 6.18 Å². The normalized spacial score (nSPS) is 44.7. The molecule has 4 aliphatic rings. The smallest absolute Gasteiger partial charge is 0.391 e. The standard InChI is InChI=1S/C26H39F3O/c1-16-14-19-15-20(30)10-12-25(19,4)22-11-13-24(3)18(8-9-21(24)23(16)22)7-5-6-17(2)26(27,28)29/h14,17-18,20-23,30H,1,5-13,15H2,2-4H3. The number of hydrogen-bond acceptors (Lipinski definition) is 1. The van der Waals surface area contributed by atoms with Crippen LogP contribution in [-0.2, 0) is 0 Å². The minimum Gasteiger partial charge on any atom is -0.393 e. The molecule has 0 heterocycles. The number of rotatable bonds is 4. The second-order valence-corrected chi connectivity index (χ2v) is 11.5. The van der Waals surface area contributed by atoms with E-state index in [0.29, 0.717) is 30.1 Å². The van der Waals surface area contributed by atoms with Gasteiger partial charge < -0.3 is 5.11 Å². The molecule has 4 rings (SSSR count). The van der Waals surface area contributed by atoms with Crippen LogP contribution in [0.1, 0.15) is 85.0 Å². The molecule has 3 fully saturated rings. The Morgan fingerprint density at radius 3 is 2.57 bits per heavy atom. The molecule has 0 aromatic rings. The van der Waals surface area contributed by atoms with Crippen LogP contribution in [0.4, 0.5) is 13.2 Å². The van der Waals surface area contributed by atoms with Crippen molar-refractivity contribution >= 4 is 0 Å². The fourth-order valence-electron chi connectivity index (χ4n) is 7.97. The van der Waals surface area contributed by atoms with E-state index < -0.39 is 12.1 Å². The van der Waals surface area contributed by atoms with Gasteiger partial charge in [-0.05, 0) is 92.3 Å². The molecule has 0 radical (unpaired) electrons. The summed E-state index contributed by atoms with van der Waals surface area (Å²) in [5.74, 6) is 1.08. The van der Waals surface area contributed by atoms with E-state index >= 15 is 0 Å². The molecule has 170 valence electrons. The second-order valence-electron chi connectivity index (χ2n) is 11.5. The SMILES string of the molecule is C=C1C=C2CC(O)CCC2(C)C2CCC3(C)C(CCCC(C)C(F)(F)F)CCC3C12. The average molecular weight is 425 g/mol. The van der Waals surface area contributed by atoms with Crippen molar-refractivity contribution in [2.24, 2.45) is 40.4 Å². The fraction of sp³-hybridized carbons (Fsp3) is 0.846. The highest BCUT2D eigenvalue weighted by atomic mass is 19.4. The fourth-order valence-corrected chi connectivity index (χ4v) is 7.97. The lowest BCUT2D eigenvalue weighted by Gasteiger charge is -2.58. The van der Waals surface area contributed by atoms with Crippen molar-refractivity contribution in [2.45, 2.75) is 97.3 Å². The van der Waals surface area contributed by atoms with Crippen molar-refractivity contribution in [3.63, 3.8) is 0 Å². The Morgan fingerprint density at radius 1 is 1.13 bits per heavy atom. The first-order valence-electron chi connectivity index (χ1n) is 12.1. The van der Waals surface area contributed by atoms with Crippen LogP contribution in [0.15, 0.2) is 23.8 Å². The third-order valence-electron chi connectivity index (χ3n) is 10.0. The number of halogens is 3. The highest BCUT2D eigenvalue weighted by molar-refractivity contribution is 5.37. The molecule has 0 spiro atoms. The number of fused-ring (bicyclic) bond motifs is 5. The van der Waals surface area contributed by atoms with E-state index in [2.05, 4.69) is 26.5 Å². The van der Waals surface area contributed by atoms with Gasteiger partial charge in [0.1, 0.15) is 0 Å². The highest BCUT2D eigenvalue weighted by Crippen LogP contribution is 2.67. The molecular weight excluding hydrogens is 385 g/mol. The molecule has 8 atom stereocenters. The van der Waals surface area contributed by atoms with Gasteiger partial charge in [0.05, 0.1) is 12.0 Å². The summed E-state index contributed by atoms with van der Waals surface area (Å²) in [6.07, 6.45) is 7.40. The van der Waals surface area contributed by atoms with E-state index in [4.69, 9.17) is 0 Å². The molecule has 0 aliphatic heterocycles. The van der Waals surface area contributed by atoms with Crippen LogP contribution >= 0.6 is 0 Å². The van der Waals surface area contributed by atoms with E-state index in [1.54, 1.807) is 0 Å². The Bertz CT molecular complexity index is 710. The van der Waals surface area contributed by atoms with Crippen molar-refractivity contribution in [1.29, 1.82) is 0 Å². The lowest BCUT2D eigenvalue weighted by Crippen LogP contribution is -2.51. The van der Waals surface area contributed by atoms with Gasteiger partial charge in [0, 0.05) is 0 Å². The van der Waals surface area contributed by atoms with Crippen LogP contribution in [0.25, 0.3) is 0 Å². The Kier molecular flexibility index (Phi) is 5.74. The van der Waals surface area contributed by atoms with E-state index in [1.165, 1.54) is 37.3 Å². The average Bonchev–Trinajstić information content (AvgIpc) is 2.99. The minimum atomic E-state index is -4.06. The van der Waals surface area contributed by atoms with Crippen molar-refractivity contribution in [3.8, 4) is 0 Å². The number of aliphatic hydroxyl groups excluding tert-OH is 1. The van der Waals surface area contributed by atoms with Crippen LogP contribution in [0, 0.1) is 40.4 Å². The number of allylic oxidation sites excluding steroid dienone is 2. The Morgan fingerprint density at radius 2 is 1.87 bits per heavy atom. The molecule has 8 unspecified atom stereocenters.